The van der Waals surface area contributed by atoms with Crippen LogP contribution in [-0.4, -0.2) is 16.7 Å². The van der Waals surface area contributed by atoms with Crippen molar-refractivity contribution in [2.24, 2.45) is 5.73 Å². The van der Waals surface area contributed by atoms with Crippen molar-refractivity contribution >= 4 is 15.9 Å². The average molecular weight is 245 g/mol. The minimum atomic E-state index is -0.785. The summed E-state index contributed by atoms with van der Waals surface area (Å²) in [6, 6.07) is 1.93. The molecular formula is C9H13BrN2O. The van der Waals surface area contributed by atoms with Crippen molar-refractivity contribution in [3.63, 3.8) is 0 Å². The van der Waals surface area contributed by atoms with Crippen molar-refractivity contribution in [2.45, 2.75) is 19.4 Å². The van der Waals surface area contributed by atoms with Crippen molar-refractivity contribution in [1.82, 2.24) is 4.98 Å². The molecule has 0 aliphatic carbocycles. The number of hydrogen-bond donors (Lipinski definition) is 2. The molecule has 0 fully saturated rings. The topological polar surface area (TPSA) is 59.1 Å². The fraction of sp³-hybridized carbons (Fsp3) is 0.444. The fourth-order valence-electron chi connectivity index (χ4n) is 1.03. The molecule has 1 rings (SSSR count). The van der Waals surface area contributed by atoms with Gasteiger partial charge in [-0.3, -0.25) is 4.98 Å². The summed E-state index contributed by atoms with van der Waals surface area (Å²) >= 11 is 3.37. The van der Waals surface area contributed by atoms with E-state index in [9.17, 15) is 0 Å². The van der Waals surface area contributed by atoms with Gasteiger partial charge in [0.15, 0.2) is 0 Å². The Morgan fingerprint density at radius 3 is 2.77 bits per heavy atom. The van der Waals surface area contributed by atoms with Crippen LogP contribution in [0, 0.1) is 6.92 Å². The third kappa shape index (κ3) is 2.27. The smallest absolute Gasteiger partial charge is 0.0800 e. The van der Waals surface area contributed by atoms with E-state index >= 15 is 0 Å². The monoisotopic (exact) mass is 244 g/mol. The molecule has 1 aromatic heterocycles. The van der Waals surface area contributed by atoms with Gasteiger partial charge in [0.2, 0.25) is 0 Å². The molecule has 1 aromatic rings. The predicted octanol–water partition coefficient (Wildman–Crippen LogP) is 1.32. The van der Waals surface area contributed by atoms with Crippen LogP contribution in [-0.2, 0) is 5.54 Å². The molecule has 0 aliphatic rings. The van der Waals surface area contributed by atoms with Gasteiger partial charge in [-0.2, -0.15) is 0 Å². The van der Waals surface area contributed by atoms with Gasteiger partial charge in [0.05, 0.1) is 17.8 Å². The second kappa shape index (κ2) is 3.74. The Bertz CT molecular complexity index is 312. The molecule has 0 amide bonds. The quantitative estimate of drug-likeness (QED) is 0.826. The lowest BCUT2D eigenvalue weighted by molar-refractivity contribution is 0.206. The van der Waals surface area contributed by atoms with Crippen molar-refractivity contribution in [2.75, 3.05) is 6.61 Å². The van der Waals surface area contributed by atoms with E-state index in [0.717, 1.165) is 10.0 Å². The molecule has 1 heterocycles. The average Bonchev–Trinajstić information content (AvgIpc) is 2.03. The van der Waals surface area contributed by atoms with Gasteiger partial charge < -0.3 is 10.8 Å². The van der Waals surface area contributed by atoms with Crippen LogP contribution in [0.2, 0.25) is 0 Å². The minimum absolute atomic E-state index is 0.123. The van der Waals surface area contributed by atoms with Crippen molar-refractivity contribution in [3.8, 4) is 0 Å². The van der Waals surface area contributed by atoms with Crippen molar-refractivity contribution < 1.29 is 5.11 Å². The Morgan fingerprint density at radius 2 is 2.31 bits per heavy atom. The Hall–Kier alpha value is -0.450. The van der Waals surface area contributed by atoms with Gasteiger partial charge in [-0.15, -0.1) is 0 Å². The lowest BCUT2D eigenvalue weighted by atomic mass is 10.00. The zero-order valence-corrected chi connectivity index (χ0v) is 9.30. The summed E-state index contributed by atoms with van der Waals surface area (Å²) in [5.41, 5.74) is 6.80. The molecule has 0 aromatic carbocycles. The highest BCUT2D eigenvalue weighted by atomic mass is 79.9. The molecule has 3 N–H and O–H groups in total. The van der Waals surface area contributed by atoms with Gasteiger partial charge in [-0.1, -0.05) is 0 Å². The number of aliphatic hydroxyl groups excluding tert-OH is 1. The number of hydrogen-bond acceptors (Lipinski definition) is 3. The number of nitrogens with two attached hydrogens (primary N) is 1. The molecule has 0 spiro atoms. The third-order valence-electron chi connectivity index (χ3n) is 1.85. The predicted molar refractivity (Wildman–Crippen MR) is 55.3 cm³/mol. The van der Waals surface area contributed by atoms with Crippen LogP contribution < -0.4 is 5.73 Å². The maximum absolute atomic E-state index is 9.06. The van der Waals surface area contributed by atoms with E-state index in [0.29, 0.717) is 5.69 Å². The molecule has 0 saturated heterocycles. The number of aromatic nitrogens is 1. The van der Waals surface area contributed by atoms with Gasteiger partial charge in [-0.05, 0) is 41.4 Å². The summed E-state index contributed by atoms with van der Waals surface area (Å²) in [5, 5.41) is 9.06. The van der Waals surface area contributed by atoms with E-state index < -0.39 is 5.54 Å². The molecule has 0 bridgehead atoms. The summed E-state index contributed by atoms with van der Waals surface area (Å²) in [6.45, 7) is 3.57. The summed E-state index contributed by atoms with van der Waals surface area (Å²) < 4.78 is 0.839. The lowest BCUT2D eigenvalue weighted by Crippen LogP contribution is -2.38. The van der Waals surface area contributed by atoms with Crippen LogP contribution in [0.5, 0.6) is 0 Å². The van der Waals surface area contributed by atoms with E-state index in [2.05, 4.69) is 20.9 Å². The van der Waals surface area contributed by atoms with Gasteiger partial charge in [-0.25, -0.2) is 0 Å². The number of halogens is 1. The Kier molecular flexibility index (Phi) is 3.05. The number of pyridine rings is 1. The second-order valence-electron chi connectivity index (χ2n) is 3.42. The van der Waals surface area contributed by atoms with Gasteiger partial charge >= 0.3 is 0 Å². The highest BCUT2D eigenvalue weighted by Gasteiger charge is 2.24. The molecule has 0 aliphatic heterocycles. The van der Waals surface area contributed by atoms with E-state index in [1.54, 1.807) is 13.1 Å². The second-order valence-corrected chi connectivity index (χ2v) is 4.27. The normalized spacial score (nSPS) is 15.5. The highest BCUT2D eigenvalue weighted by molar-refractivity contribution is 9.10. The molecule has 0 saturated carbocycles. The molecule has 4 heteroatoms. The Morgan fingerprint density at radius 1 is 1.69 bits per heavy atom. The standard InChI is InChI=1S/C9H13BrN2O/c1-6-3-7(10)8(12-4-6)9(2,11)5-13/h3-4,13H,5,11H2,1-2H3/t9-/m1/s1. The number of aryl methyl sites for hydroxylation is 1. The number of rotatable bonds is 2. The molecule has 0 radical (unpaired) electrons. The first kappa shape index (κ1) is 10.6. The maximum Gasteiger partial charge on any atom is 0.0800 e. The number of aliphatic hydroxyl groups is 1. The van der Waals surface area contributed by atoms with E-state index in [1.165, 1.54) is 0 Å². The van der Waals surface area contributed by atoms with Crippen LogP contribution >= 0.6 is 15.9 Å². The molecule has 0 unspecified atom stereocenters. The molecular weight excluding hydrogens is 232 g/mol. The van der Waals surface area contributed by atoms with Gasteiger partial charge in [0.1, 0.15) is 0 Å². The minimum Gasteiger partial charge on any atom is -0.394 e. The fourth-order valence-corrected chi connectivity index (χ4v) is 1.95. The largest absolute Gasteiger partial charge is 0.394 e. The van der Waals surface area contributed by atoms with Gasteiger partial charge in [0, 0.05) is 10.7 Å². The highest BCUT2D eigenvalue weighted by Crippen LogP contribution is 2.24. The first-order valence-electron chi connectivity index (χ1n) is 4.00. The summed E-state index contributed by atoms with van der Waals surface area (Å²) in [4.78, 5) is 4.19. The Labute approximate surface area is 86.1 Å². The maximum atomic E-state index is 9.06. The van der Waals surface area contributed by atoms with Crippen LogP contribution in [0.1, 0.15) is 18.2 Å². The Balaban J connectivity index is 3.16. The van der Waals surface area contributed by atoms with Crippen LogP contribution in [0.4, 0.5) is 0 Å². The SMILES string of the molecule is Cc1cnc([C@](C)(N)CO)c(Br)c1. The first-order valence-corrected chi connectivity index (χ1v) is 4.79. The third-order valence-corrected chi connectivity index (χ3v) is 2.45. The van der Waals surface area contributed by atoms with E-state index in [4.69, 9.17) is 10.8 Å². The summed E-state index contributed by atoms with van der Waals surface area (Å²) in [6.07, 6.45) is 1.74. The van der Waals surface area contributed by atoms with Crippen LogP contribution in [0.15, 0.2) is 16.7 Å². The molecule has 3 nitrogen and oxygen atoms in total. The molecule has 72 valence electrons. The van der Waals surface area contributed by atoms with E-state index in [1.807, 2.05) is 13.0 Å². The lowest BCUT2D eigenvalue weighted by Gasteiger charge is -2.22. The number of nitrogens with zero attached hydrogens (tertiary/aromatic N) is 1. The van der Waals surface area contributed by atoms with Crippen LogP contribution in [0.3, 0.4) is 0 Å². The van der Waals surface area contributed by atoms with E-state index in [-0.39, 0.29) is 6.61 Å². The molecule has 13 heavy (non-hydrogen) atoms. The van der Waals surface area contributed by atoms with Crippen molar-refractivity contribution in [3.05, 3.63) is 28.0 Å². The first-order chi connectivity index (χ1) is 5.97. The molecule has 1 atom stereocenters. The zero-order chi connectivity index (χ0) is 10.1. The van der Waals surface area contributed by atoms with Gasteiger partial charge in [0.25, 0.3) is 0 Å². The zero-order valence-electron chi connectivity index (χ0n) is 7.71. The summed E-state index contributed by atoms with van der Waals surface area (Å²) in [5.74, 6) is 0. The van der Waals surface area contributed by atoms with Crippen molar-refractivity contribution in [1.29, 1.82) is 0 Å². The van der Waals surface area contributed by atoms with Crippen LogP contribution in [0.25, 0.3) is 0 Å². The summed E-state index contributed by atoms with van der Waals surface area (Å²) in [7, 11) is 0.